The van der Waals surface area contributed by atoms with Crippen molar-refractivity contribution >= 4 is 11.6 Å². The van der Waals surface area contributed by atoms with Crippen LogP contribution in [0.15, 0.2) is 48.5 Å². The Labute approximate surface area is 126 Å². The Morgan fingerprint density at radius 3 is 2.45 bits per heavy atom. The van der Waals surface area contributed by atoms with Crippen molar-refractivity contribution in [1.82, 2.24) is 0 Å². The third kappa shape index (κ3) is 2.71. The zero-order valence-corrected chi connectivity index (χ0v) is 11.7. The first-order valence-electron chi connectivity index (χ1n) is 7.04. The molecule has 1 heterocycles. The van der Waals surface area contributed by atoms with Gasteiger partial charge in [0.2, 0.25) is 0 Å². The van der Waals surface area contributed by atoms with E-state index in [-0.39, 0.29) is 5.91 Å². The van der Waals surface area contributed by atoms with E-state index < -0.39 is 11.7 Å². The SMILES string of the molecule is O=C(c1ccccc1)N1CCCc2cc(C(F)(F)F)ccc21. The van der Waals surface area contributed by atoms with Crippen molar-refractivity contribution in [3.8, 4) is 0 Å². The van der Waals surface area contributed by atoms with Gasteiger partial charge in [-0.25, -0.2) is 0 Å². The predicted octanol–water partition coefficient (Wildman–Crippen LogP) is 4.30. The van der Waals surface area contributed by atoms with Crippen molar-refractivity contribution in [2.75, 3.05) is 11.4 Å². The lowest BCUT2D eigenvalue weighted by atomic mass is 9.98. The number of carbonyl (C=O) groups excluding carboxylic acids is 1. The Bertz CT molecular complexity index is 695. The summed E-state index contributed by atoms with van der Waals surface area (Å²) in [5.74, 6) is -0.179. The second kappa shape index (κ2) is 5.48. The van der Waals surface area contributed by atoms with Crippen molar-refractivity contribution in [1.29, 1.82) is 0 Å². The molecule has 0 radical (unpaired) electrons. The van der Waals surface area contributed by atoms with Gasteiger partial charge in [0.15, 0.2) is 0 Å². The summed E-state index contributed by atoms with van der Waals surface area (Å²) in [5.41, 5.74) is 1.02. The minimum absolute atomic E-state index is 0.179. The summed E-state index contributed by atoms with van der Waals surface area (Å²) in [7, 11) is 0. The van der Waals surface area contributed by atoms with Gasteiger partial charge in [-0.2, -0.15) is 13.2 Å². The van der Waals surface area contributed by atoms with E-state index in [0.29, 0.717) is 36.2 Å². The molecular weight excluding hydrogens is 291 g/mol. The third-order valence-corrected chi connectivity index (χ3v) is 3.79. The molecule has 1 amide bonds. The molecular formula is C17H14F3NO. The van der Waals surface area contributed by atoms with Crippen LogP contribution in [0.25, 0.3) is 0 Å². The molecule has 0 atom stereocenters. The van der Waals surface area contributed by atoms with Crippen LogP contribution in [0.2, 0.25) is 0 Å². The fourth-order valence-corrected chi connectivity index (χ4v) is 2.72. The van der Waals surface area contributed by atoms with E-state index in [0.717, 1.165) is 12.1 Å². The standard InChI is InChI=1S/C17H14F3NO/c18-17(19,20)14-8-9-15-13(11-14)7-4-10-21(15)16(22)12-5-2-1-3-6-12/h1-3,5-6,8-9,11H,4,7,10H2. The van der Waals surface area contributed by atoms with Crippen LogP contribution in [-0.4, -0.2) is 12.5 Å². The number of halogens is 3. The Hall–Kier alpha value is -2.30. The fraction of sp³-hybridized carbons (Fsp3) is 0.235. The minimum Gasteiger partial charge on any atom is -0.308 e. The average Bonchev–Trinajstić information content (AvgIpc) is 2.53. The lowest BCUT2D eigenvalue weighted by Gasteiger charge is -2.30. The number of amides is 1. The van der Waals surface area contributed by atoms with E-state index >= 15 is 0 Å². The maximum absolute atomic E-state index is 12.8. The molecule has 0 spiro atoms. The number of hydrogen-bond acceptors (Lipinski definition) is 1. The summed E-state index contributed by atoms with van der Waals surface area (Å²) < 4.78 is 38.4. The molecule has 0 fully saturated rings. The van der Waals surface area contributed by atoms with E-state index in [1.807, 2.05) is 6.07 Å². The van der Waals surface area contributed by atoms with E-state index in [4.69, 9.17) is 0 Å². The molecule has 2 nitrogen and oxygen atoms in total. The number of carbonyl (C=O) groups is 1. The smallest absolute Gasteiger partial charge is 0.308 e. The molecule has 5 heteroatoms. The molecule has 114 valence electrons. The van der Waals surface area contributed by atoms with Gasteiger partial charge in [0.25, 0.3) is 5.91 Å². The van der Waals surface area contributed by atoms with Crippen molar-refractivity contribution in [3.05, 3.63) is 65.2 Å². The maximum atomic E-state index is 12.8. The number of aryl methyl sites for hydroxylation is 1. The summed E-state index contributed by atoms with van der Waals surface area (Å²) in [5, 5.41) is 0. The highest BCUT2D eigenvalue weighted by atomic mass is 19.4. The van der Waals surface area contributed by atoms with Gasteiger partial charge in [-0.15, -0.1) is 0 Å². The highest BCUT2D eigenvalue weighted by Crippen LogP contribution is 2.35. The predicted molar refractivity (Wildman–Crippen MR) is 77.9 cm³/mol. The third-order valence-electron chi connectivity index (χ3n) is 3.79. The van der Waals surface area contributed by atoms with Crippen molar-refractivity contribution < 1.29 is 18.0 Å². The molecule has 22 heavy (non-hydrogen) atoms. The normalized spacial score (nSPS) is 14.6. The lowest BCUT2D eigenvalue weighted by Crippen LogP contribution is -2.35. The molecule has 0 N–H and O–H groups in total. The zero-order chi connectivity index (χ0) is 15.7. The van der Waals surface area contributed by atoms with Gasteiger partial charge in [-0.3, -0.25) is 4.79 Å². The molecule has 0 bridgehead atoms. The van der Waals surface area contributed by atoms with Gasteiger partial charge < -0.3 is 4.90 Å². The second-order valence-electron chi connectivity index (χ2n) is 5.27. The number of nitrogens with zero attached hydrogens (tertiary/aromatic N) is 1. The van der Waals surface area contributed by atoms with Crippen molar-refractivity contribution in [2.24, 2.45) is 0 Å². The number of fused-ring (bicyclic) bond motifs is 1. The number of alkyl halides is 3. The number of benzene rings is 2. The first kappa shape index (κ1) is 14.6. The summed E-state index contributed by atoms with van der Waals surface area (Å²) in [6.07, 6.45) is -3.15. The van der Waals surface area contributed by atoms with E-state index in [1.165, 1.54) is 6.07 Å². The van der Waals surface area contributed by atoms with Gasteiger partial charge in [-0.05, 0) is 48.7 Å². The van der Waals surface area contributed by atoms with Gasteiger partial charge in [0.1, 0.15) is 0 Å². The molecule has 1 aliphatic heterocycles. The first-order valence-corrected chi connectivity index (χ1v) is 7.04. The van der Waals surface area contributed by atoms with Gasteiger partial charge >= 0.3 is 6.18 Å². The molecule has 2 aromatic carbocycles. The molecule has 0 aromatic heterocycles. The topological polar surface area (TPSA) is 20.3 Å². The maximum Gasteiger partial charge on any atom is 0.416 e. The molecule has 0 unspecified atom stereocenters. The van der Waals surface area contributed by atoms with Gasteiger partial charge in [-0.1, -0.05) is 18.2 Å². The highest BCUT2D eigenvalue weighted by Gasteiger charge is 2.32. The minimum atomic E-state index is -4.36. The summed E-state index contributed by atoms with van der Waals surface area (Å²) >= 11 is 0. The van der Waals surface area contributed by atoms with Crippen molar-refractivity contribution in [2.45, 2.75) is 19.0 Å². The van der Waals surface area contributed by atoms with Crippen LogP contribution in [0, 0.1) is 0 Å². The van der Waals surface area contributed by atoms with Crippen LogP contribution in [0.1, 0.15) is 27.9 Å². The van der Waals surface area contributed by atoms with Gasteiger partial charge in [0.05, 0.1) is 5.56 Å². The second-order valence-corrected chi connectivity index (χ2v) is 5.27. The Kier molecular flexibility index (Phi) is 3.64. The van der Waals surface area contributed by atoms with Crippen LogP contribution in [0.3, 0.4) is 0 Å². The quantitative estimate of drug-likeness (QED) is 0.769. The van der Waals surface area contributed by atoms with E-state index in [2.05, 4.69) is 0 Å². The van der Waals surface area contributed by atoms with Crippen LogP contribution in [-0.2, 0) is 12.6 Å². The molecule has 1 aliphatic rings. The summed E-state index contributed by atoms with van der Waals surface area (Å²) in [4.78, 5) is 14.1. The molecule has 0 aliphatic carbocycles. The lowest BCUT2D eigenvalue weighted by molar-refractivity contribution is -0.137. The van der Waals surface area contributed by atoms with Crippen LogP contribution < -0.4 is 4.90 Å². The van der Waals surface area contributed by atoms with Crippen LogP contribution >= 0.6 is 0 Å². The molecule has 3 rings (SSSR count). The summed E-state index contributed by atoms with van der Waals surface area (Å²) in [6, 6.07) is 12.4. The van der Waals surface area contributed by atoms with E-state index in [9.17, 15) is 18.0 Å². The first-order chi connectivity index (χ1) is 10.5. The molecule has 0 saturated heterocycles. The Balaban J connectivity index is 1.97. The Morgan fingerprint density at radius 2 is 1.77 bits per heavy atom. The Morgan fingerprint density at radius 1 is 1.05 bits per heavy atom. The highest BCUT2D eigenvalue weighted by molar-refractivity contribution is 6.06. The number of anilines is 1. The van der Waals surface area contributed by atoms with Crippen LogP contribution in [0.4, 0.5) is 18.9 Å². The largest absolute Gasteiger partial charge is 0.416 e. The summed E-state index contributed by atoms with van der Waals surface area (Å²) in [6.45, 7) is 0.520. The van der Waals surface area contributed by atoms with Gasteiger partial charge in [0, 0.05) is 17.8 Å². The van der Waals surface area contributed by atoms with Crippen molar-refractivity contribution in [3.63, 3.8) is 0 Å². The number of rotatable bonds is 1. The van der Waals surface area contributed by atoms with E-state index in [1.54, 1.807) is 29.2 Å². The number of hydrogen-bond donors (Lipinski definition) is 0. The molecule has 2 aromatic rings. The zero-order valence-electron chi connectivity index (χ0n) is 11.7. The monoisotopic (exact) mass is 305 g/mol. The fourth-order valence-electron chi connectivity index (χ4n) is 2.72. The average molecular weight is 305 g/mol. The molecule has 0 saturated carbocycles. The van der Waals surface area contributed by atoms with Crippen LogP contribution in [0.5, 0.6) is 0 Å².